The minimum atomic E-state index is -0.612. The van der Waals surface area contributed by atoms with Crippen molar-refractivity contribution in [3.8, 4) is 0 Å². The van der Waals surface area contributed by atoms with Gasteiger partial charge >= 0.3 is 5.97 Å². The van der Waals surface area contributed by atoms with E-state index in [1.54, 1.807) is 25.7 Å². The van der Waals surface area contributed by atoms with Crippen LogP contribution in [0.3, 0.4) is 0 Å². The highest BCUT2D eigenvalue weighted by Crippen LogP contribution is 2.29. The third-order valence-corrected chi connectivity index (χ3v) is 6.73. The summed E-state index contributed by atoms with van der Waals surface area (Å²) in [4.78, 5) is 36.5. The van der Waals surface area contributed by atoms with Gasteiger partial charge in [-0.1, -0.05) is 47.4 Å². The van der Waals surface area contributed by atoms with Gasteiger partial charge in [0.2, 0.25) is 16.9 Å². The van der Waals surface area contributed by atoms with E-state index in [1.807, 2.05) is 12.1 Å². The lowest BCUT2D eigenvalue weighted by atomic mass is 10.1. The highest BCUT2D eigenvalue weighted by molar-refractivity contribution is 8.00. The fourth-order valence-corrected chi connectivity index (χ4v) is 4.82. The van der Waals surface area contributed by atoms with E-state index in [4.69, 9.17) is 4.74 Å². The molecule has 12 heteroatoms. The monoisotopic (exact) mass is 488 g/mol. The number of hydrogen-bond donors (Lipinski definition) is 2. The average molecular weight is 489 g/mol. The van der Waals surface area contributed by atoms with Gasteiger partial charge < -0.3 is 15.4 Å². The number of aromatic nitrogens is 4. The Kier molecular flexibility index (Phi) is 8.17. The van der Waals surface area contributed by atoms with Crippen molar-refractivity contribution in [2.75, 3.05) is 17.7 Å². The van der Waals surface area contributed by atoms with E-state index in [2.05, 4.69) is 45.0 Å². The van der Waals surface area contributed by atoms with E-state index in [1.165, 1.54) is 34.3 Å². The Morgan fingerprint density at radius 2 is 1.79 bits per heavy atom. The molecular formula is C21H24N6O4S2. The predicted molar refractivity (Wildman–Crippen MR) is 126 cm³/mol. The van der Waals surface area contributed by atoms with E-state index in [9.17, 15) is 14.4 Å². The van der Waals surface area contributed by atoms with Crippen molar-refractivity contribution in [3.63, 3.8) is 0 Å². The van der Waals surface area contributed by atoms with Crippen LogP contribution in [-0.4, -0.2) is 44.9 Å². The normalized spacial score (nSPS) is 10.7. The molecule has 0 aliphatic carbocycles. The van der Waals surface area contributed by atoms with Gasteiger partial charge in [0.05, 0.1) is 18.5 Å². The van der Waals surface area contributed by atoms with Crippen LogP contribution < -0.4 is 10.6 Å². The minimum absolute atomic E-state index is 0.0516. The Hall–Kier alpha value is -3.25. The molecule has 3 aromatic rings. The summed E-state index contributed by atoms with van der Waals surface area (Å²) < 4.78 is 6.82. The quantitative estimate of drug-likeness (QED) is 0.267. The highest BCUT2D eigenvalue weighted by Gasteiger charge is 2.22. The summed E-state index contributed by atoms with van der Waals surface area (Å²) in [6, 6.07) is 8.12. The molecule has 0 saturated heterocycles. The number of nitrogens with zero attached hydrogens (tertiary/aromatic N) is 4. The molecule has 33 heavy (non-hydrogen) atoms. The number of methoxy groups -OCH3 is 1. The molecule has 2 heterocycles. The van der Waals surface area contributed by atoms with Crippen LogP contribution in [0.5, 0.6) is 0 Å². The summed E-state index contributed by atoms with van der Waals surface area (Å²) >= 11 is 2.83. The van der Waals surface area contributed by atoms with Gasteiger partial charge in [-0.25, -0.2) is 4.79 Å². The Labute approximate surface area is 199 Å². The zero-order valence-electron chi connectivity index (χ0n) is 18.7. The van der Waals surface area contributed by atoms with Crippen LogP contribution in [0.4, 0.5) is 10.8 Å². The SMILES string of the molecule is COC(=O)c1c(NC(=O)CCC(=O)Nc2nnc(SCc3ccccc3C)s2)c(C)nn1C. The van der Waals surface area contributed by atoms with Gasteiger partial charge in [0.25, 0.3) is 0 Å². The molecular weight excluding hydrogens is 464 g/mol. The number of aryl methyl sites for hydroxylation is 3. The topological polar surface area (TPSA) is 128 Å². The fourth-order valence-electron chi connectivity index (χ4n) is 2.98. The zero-order valence-corrected chi connectivity index (χ0v) is 20.3. The maximum atomic E-state index is 12.3. The first-order valence-electron chi connectivity index (χ1n) is 10.0. The number of ether oxygens (including phenoxy) is 1. The van der Waals surface area contributed by atoms with Gasteiger partial charge in [0.15, 0.2) is 10.0 Å². The number of esters is 1. The molecule has 0 spiro atoms. The number of rotatable bonds is 9. The summed E-state index contributed by atoms with van der Waals surface area (Å²) in [6.07, 6.45) is -0.127. The molecule has 0 saturated carbocycles. The van der Waals surface area contributed by atoms with Crippen molar-refractivity contribution in [3.05, 3.63) is 46.8 Å². The summed E-state index contributed by atoms with van der Waals surface area (Å²) in [6.45, 7) is 3.72. The molecule has 10 nitrogen and oxygen atoms in total. The summed E-state index contributed by atoms with van der Waals surface area (Å²) in [5.41, 5.74) is 3.31. The third kappa shape index (κ3) is 6.39. The number of benzene rings is 1. The van der Waals surface area contributed by atoms with E-state index >= 15 is 0 Å². The number of carbonyl (C=O) groups excluding carboxylic acids is 3. The van der Waals surface area contributed by atoms with Crippen molar-refractivity contribution in [1.82, 2.24) is 20.0 Å². The molecule has 0 unspecified atom stereocenters. The van der Waals surface area contributed by atoms with Crippen LogP contribution >= 0.6 is 23.1 Å². The lowest BCUT2D eigenvalue weighted by molar-refractivity contribution is -0.121. The van der Waals surface area contributed by atoms with E-state index in [-0.39, 0.29) is 30.1 Å². The summed E-state index contributed by atoms with van der Waals surface area (Å²) in [7, 11) is 2.83. The van der Waals surface area contributed by atoms with Crippen molar-refractivity contribution < 1.29 is 19.1 Å². The predicted octanol–water partition coefficient (Wildman–Crippen LogP) is 3.32. The molecule has 2 N–H and O–H groups in total. The molecule has 0 aliphatic rings. The second-order valence-corrected chi connectivity index (χ2v) is 9.31. The molecule has 0 aliphatic heterocycles. The first-order valence-corrected chi connectivity index (χ1v) is 11.8. The standard InChI is InChI=1S/C21H24N6O4S2/c1-12-7-5-6-8-14(12)11-32-21-25-24-20(33-21)23-16(29)10-9-15(28)22-17-13(2)26-27(3)18(17)19(30)31-4/h5-8H,9-11H2,1-4H3,(H,22,28)(H,23,24,29). The lowest BCUT2D eigenvalue weighted by Gasteiger charge is -2.07. The summed E-state index contributed by atoms with van der Waals surface area (Å²) in [5.74, 6) is -0.624. The smallest absolute Gasteiger partial charge is 0.358 e. The first kappa shape index (κ1) is 24.4. The second-order valence-electron chi connectivity index (χ2n) is 7.11. The third-order valence-electron chi connectivity index (χ3n) is 4.71. The van der Waals surface area contributed by atoms with Crippen molar-refractivity contribution in [2.45, 2.75) is 36.8 Å². The molecule has 0 radical (unpaired) electrons. The van der Waals surface area contributed by atoms with Gasteiger partial charge in [-0.3, -0.25) is 14.3 Å². The van der Waals surface area contributed by atoms with Gasteiger partial charge in [0.1, 0.15) is 0 Å². The van der Waals surface area contributed by atoms with E-state index < -0.39 is 11.9 Å². The Morgan fingerprint density at radius 1 is 1.09 bits per heavy atom. The van der Waals surface area contributed by atoms with Gasteiger partial charge in [-0.15, -0.1) is 10.2 Å². The van der Waals surface area contributed by atoms with Crippen LogP contribution in [-0.2, 0) is 27.1 Å². The first-order chi connectivity index (χ1) is 15.8. The zero-order chi connectivity index (χ0) is 24.0. The maximum Gasteiger partial charge on any atom is 0.358 e. The highest BCUT2D eigenvalue weighted by atomic mass is 32.2. The maximum absolute atomic E-state index is 12.3. The number of nitrogens with one attached hydrogen (secondary N) is 2. The van der Waals surface area contributed by atoms with Crippen molar-refractivity contribution >= 4 is 51.7 Å². The molecule has 2 aromatic heterocycles. The molecule has 2 amide bonds. The van der Waals surface area contributed by atoms with E-state index in [0.717, 1.165) is 10.1 Å². The van der Waals surface area contributed by atoms with Crippen LogP contribution in [0.1, 0.15) is 40.2 Å². The van der Waals surface area contributed by atoms with Crippen LogP contribution in [0.2, 0.25) is 0 Å². The summed E-state index contributed by atoms with van der Waals surface area (Å²) in [5, 5.41) is 17.9. The van der Waals surface area contributed by atoms with Crippen LogP contribution in [0.15, 0.2) is 28.6 Å². The number of hydrogen-bond acceptors (Lipinski definition) is 9. The van der Waals surface area contributed by atoms with Gasteiger partial charge in [-0.05, 0) is 25.0 Å². The molecule has 0 fully saturated rings. The van der Waals surface area contributed by atoms with Crippen LogP contribution in [0, 0.1) is 13.8 Å². The number of amides is 2. The molecule has 0 bridgehead atoms. The van der Waals surface area contributed by atoms with Crippen LogP contribution in [0.25, 0.3) is 0 Å². The molecule has 1 aromatic carbocycles. The fraction of sp³-hybridized carbons (Fsp3) is 0.333. The lowest BCUT2D eigenvalue weighted by Crippen LogP contribution is -2.19. The van der Waals surface area contributed by atoms with Gasteiger partial charge in [0, 0.05) is 25.6 Å². The number of carbonyl (C=O) groups is 3. The van der Waals surface area contributed by atoms with Gasteiger partial charge in [-0.2, -0.15) is 5.10 Å². The average Bonchev–Trinajstić information content (AvgIpc) is 3.34. The Bertz CT molecular complexity index is 1170. The Balaban J connectivity index is 1.49. The Morgan fingerprint density at radius 3 is 2.48 bits per heavy atom. The molecule has 0 atom stereocenters. The number of thioether (sulfide) groups is 1. The second kappa shape index (κ2) is 11.1. The largest absolute Gasteiger partial charge is 0.464 e. The number of anilines is 2. The molecule has 3 rings (SSSR count). The van der Waals surface area contributed by atoms with Crippen molar-refractivity contribution in [2.24, 2.45) is 7.05 Å². The minimum Gasteiger partial charge on any atom is -0.464 e. The molecule has 174 valence electrons. The van der Waals surface area contributed by atoms with Crippen molar-refractivity contribution in [1.29, 1.82) is 0 Å². The van der Waals surface area contributed by atoms with E-state index in [0.29, 0.717) is 10.8 Å².